The Bertz CT molecular complexity index is 652. The van der Waals surface area contributed by atoms with Crippen LogP contribution in [0.3, 0.4) is 0 Å². The monoisotopic (exact) mass is 270 g/mol. The molecule has 4 bridgehead atoms. The summed E-state index contributed by atoms with van der Waals surface area (Å²) < 4.78 is 13.9. The fourth-order valence-electron chi connectivity index (χ4n) is 5.65. The quantitative estimate of drug-likeness (QED) is 0.827. The third-order valence-corrected chi connectivity index (χ3v) is 6.00. The maximum absolute atomic E-state index is 13.9. The van der Waals surface area contributed by atoms with Crippen LogP contribution in [0.5, 0.6) is 0 Å². The van der Waals surface area contributed by atoms with E-state index >= 15 is 0 Å². The van der Waals surface area contributed by atoms with Crippen molar-refractivity contribution >= 4 is 11.0 Å². The lowest BCUT2D eigenvalue weighted by Gasteiger charge is -2.55. The van der Waals surface area contributed by atoms with E-state index in [-0.39, 0.29) is 11.2 Å². The lowest BCUT2D eigenvalue weighted by Crippen LogP contribution is -2.49. The molecule has 4 fully saturated rings. The highest BCUT2D eigenvalue weighted by molar-refractivity contribution is 5.75. The molecule has 1 aromatic carbocycles. The van der Waals surface area contributed by atoms with Gasteiger partial charge in [0.1, 0.15) is 11.3 Å². The maximum Gasteiger partial charge on any atom is 0.151 e. The lowest BCUT2D eigenvalue weighted by molar-refractivity contribution is -0.00887. The van der Waals surface area contributed by atoms with E-state index in [4.69, 9.17) is 0 Å². The molecule has 104 valence electrons. The van der Waals surface area contributed by atoms with E-state index in [0.29, 0.717) is 5.52 Å². The first-order chi connectivity index (χ1) is 9.72. The van der Waals surface area contributed by atoms with Crippen molar-refractivity contribution in [2.75, 3.05) is 0 Å². The topological polar surface area (TPSA) is 28.7 Å². The van der Waals surface area contributed by atoms with E-state index in [2.05, 4.69) is 9.97 Å². The van der Waals surface area contributed by atoms with Gasteiger partial charge in [0.2, 0.25) is 0 Å². The van der Waals surface area contributed by atoms with E-state index < -0.39 is 0 Å². The average Bonchev–Trinajstić information content (AvgIpc) is 2.83. The minimum atomic E-state index is -0.199. The zero-order valence-electron chi connectivity index (χ0n) is 11.5. The molecule has 1 N–H and O–H groups in total. The molecule has 0 atom stereocenters. The summed E-state index contributed by atoms with van der Waals surface area (Å²) in [7, 11) is 0. The number of para-hydroxylation sites is 1. The van der Waals surface area contributed by atoms with E-state index in [1.807, 2.05) is 6.07 Å². The Morgan fingerprint density at radius 2 is 1.70 bits per heavy atom. The first-order valence-electron chi connectivity index (χ1n) is 7.87. The Balaban J connectivity index is 1.65. The van der Waals surface area contributed by atoms with Gasteiger partial charge in [-0.05, 0) is 68.4 Å². The van der Waals surface area contributed by atoms with Gasteiger partial charge in [-0.2, -0.15) is 0 Å². The molecule has 0 spiro atoms. The molecule has 4 aliphatic rings. The number of aromatic nitrogens is 2. The summed E-state index contributed by atoms with van der Waals surface area (Å²) >= 11 is 0. The highest BCUT2D eigenvalue weighted by atomic mass is 19.1. The molecule has 4 saturated carbocycles. The number of hydrogen-bond donors (Lipinski definition) is 1. The number of benzene rings is 1. The van der Waals surface area contributed by atoms with Gasteiger partial charge in [-0.15, -0.1) is 0 Å². The molecular weight excluding hydrogens is 251 g/mol. The van der Waals surface area contributed by atoms with E-state index in [0.717, 1.165) is 29.1 Å². The molecular formula is C17H19FN2. The molecule has 6 rings (SSSR count). The standard InChI is InChI=1S/C17H19FN2/c18-13-2-1-3-14-15(13)20-16(19-14)17-7-10-4-11(8-17)6-12(5-10)9-17/h1-3,10-12H,4-9H2,(H,19,20). The van der Waals surface area contributed by atoms with Gasteiger partial charge in [0, 0.05) is 5.41 Å². The predicted molar refractivity (Wildman–Crippen MR) is 75.9 cm³/mol. The van der Waals surface area contributed by atoms with Crippen LogP contribution in [-0.4, -0.2) is 9.97 Å². The number of hydrogen-bond acceptors (Lipinski definition) is 1. The molecule has 0 amide bonds. The fourth-order valence-corrected chi connectivity index (χ4v) is 5.65. The molecule has 1 aromatic heterocycles. The summed E-state index contributed by atoms with van der Waals surface area (Å²) in [6, 6.07) is 5.21. The summed E-state index contributed by atoms with van der Waals surface area (Å²) in [6.07, 6.45) is 8.07. The van der Waals surface area contributed by atoms with Gasteiger partial charge >= 0.3 is 0 Å². The van der Waals surface area contributed by atoms with Crippen LogP contribution in [0.2, 0.25) is 0 Å². The second-order valence-electron chi connectivity index (χ2n) is 7.42. The number of imidazole rings is 1. The normalized spacial score (nSPS) is 38.8. The summed E-state index contributed by atoms with van der Waals surface area (Å²) in [5.74, 6) is 3.53. The van der Waals surface area contributed by atoms with E-state index in [1.165, 1.54) is 44.6 Å². The van der Waals surface area contributed by atoms with Crippen molar-refractivity contribution in [1.82, 2.24) is 9.97 Å². The summed E-state index contributed by atoms with van der Waals surface area (Å²) in [4.78, 5) is 8.11. The van der Waals surface area contributed by atoms with Crippen LogP contribution in [0.25, 0.3) is 11.0 Å². The SMILES string of the molecule is Fc1cccc2[nH]c(C34CC5CC(CC(C5)C3)C4)nc12. The average molecular weight is 270 g/mol. The molecule has 4 aliphatic carbocycles. The number of fused-ring (bicyclic) bond motifs is 1. The fraction of sp³-hybridized carbons (Fsp3) is 0.588. The molecule has 0 saturated heterocycles. The molecule has 1 heterocycles. The zero-order valence-corrected chi connectivity index (χ0v) is 11.5. The predicted octanol–water partition coefficient (Wildman–Crippen LogP) is 4.17. The smallest absolute Gasteiger partial charge is 0.151 e. The van der Waals surface area contributed by atoms with Gasteiger partial charge in [-0.3, -0.25) is 0 Å². The molecule has 3 heteroatoms. The van der Waals surface area contributed by atoms with Gasteiger partial charge in [0.15, 0.2) is 5.82 Å². The number of rotatable bonds is 1. The minimum Gasteiger partial charge on any atom is -0.341 e. The molecule has 0 aliphatic heterocycles. The van der Waals surface area contributed by atoms with E-state index in [9.17, 15) is 4.39 Å². The van der Waals surface area contributed by atoms with Crippen molar-refractivity contribution in [1.29, 1.82) is 0 Å². The molecule has 2 nitrogen and oxygen atoms in total. The van der Waals surface area contributed by atoms with Crippen molar-refractivity contribution in [3.63, 3.8) is 0 Å². The van der Waals surface area contributed by atoms with Crippen LogP contribution in [0.15, 0.2) is 18.2 Å². The summed E-state index contributed by atoms with van der Waals surface area (Å²) in [5.41, 5.74) is 1.61. The largest absolute Gasteiger partial charge is 0.341 e. The minimum absolute atomic E-state index is 0.199. The molecule has 20 heavy (non-hydrogen) atoms. The number of halogens is 1. The number of H-pyrrole nitrogens is 1. The summed E-state index contributed by atoms with van der Waals surface area (Å²) in [5, 5.41) is 0. The van der Waals surface area contributed by atoms with Crippen molar-refractivity contribution in [2.45, 2.75) is 43.9 Å². The van der Waals surface area contributed by atoms with Crippen molar-refractivity contribution in [3.05, 3.63) is 29.8 Å². The van der Waals surface area contributed by atoms with Crippen LogP contribution in [0.1, 0.15) is 44.3 Å². The van der Waals surface area contributed by atoms with Gasteiger partial charge in [0.05, 0.1) is 5.52 Å². The Labute approximate surface area is 117 Å². The maximum atomic E-state index is 13.9. The number of nitrogens with zero attached hydrogens (tertiary/aromatic N) is 1. The third kappa shape index (κ3) is 1.41. The number of nitrogens with one attached hydrogen (secondary N) is 1. The third-order valence-electron chi connectivity index (χ3n) is 6.00. The van der Waals surface area contributed by atoms with Gasteiger partial charge < -0.3 is 4.98 Å². The lowest BCUT2D eigenvalue weighted by atomic mass is 9.49. The zero-order chi connectivity index (χ0) is 13.3. The van der Waals surface area contributed by atoms with Crippen LogP contribution in [0, 0.1) is 23.6 Å². The Kier molecular flexibility index (Phi) is 2.05. The van der Waals surface area contributed by atoms with Crippen LogP contribution in [0.4, 0.5) is 4.39 Å². The second kappa shape index (κ2) is 3.63. The second-order valence-corrected chi connectivity index (χ2v) is 7.42. The molecule has 0 radical (unpaired) electrons. The van der Waals surface area contributed by atoms with E-state index in [1.54, 1.807) is 6.07 Å². The first kappa shape index (κ1) is 11.3. The summed E-state index contributed by atoms with van der Waals surface area (Å²) in [6.45, 7) is 0. The Hall–Kier alpha value is -1.38. The van der Waals surface area contributed by atoms with Crippen molar-refractivity contribution in [3.8, 4) is 0 Å². The van der Waals surface area contributed by atoms with Gasteiger partial charge in [0.25, 0.3) is 0 Å². The van der Waals surface area contributed by atoms with Crippen molar-refractivity contribution in [2.24, 2.45) is 17.8 Å². The van der Waals surface area contributed by atoms with Gasteiger partial charge in [-0.25, -0.2) is 9.37 Å². The molecule has 2 aromatic rings. The van der Waals surface area contributed by atoms with Crippen LogP contribution < -0.4 is 0 Å². The Morgan fingerprint density at radius 3 is 2.30 bits per heavy atom. The van der Waals surface area contributed by atoms with Crippen molar-refractivity contribution < 1.29 is 4.39 Å². The highest BCUT2D eigenvalue weighted by Crippen LogP contribution is 2.60. The highest BCUT2D eigenvalue weighted by Gasteiger charge is 2.53. The molecule has 0 unspecified atom stereocenters. The van der Waals surface area contributed by atoms with Crippen LogP contribution in [-0.2, 0) is 5.41 Å². The first-order valence-corrected chi connectivity index (χ1v) is 7.87. The van der Waals surface area contributed by atoms with Gasteiger partial charge in [-0.1, -0.05) is 6.07 Å². The number of aromatic amines is 1. The Morgan fingerprint density at radius 1 is 1.05 bits per heavy atom. The van der Waals surface area contributed by atoms with Crippen LogP contribution >= 0.6 is 0 Å².